The highest BCUT2D eigenvalue weighted by atomic mass is 16.5. The number of hydrogen-bond donors (Lipinski definition) is 2. The second-order valence-electron chi connectivity index (χ2n) is 6.63. The lowest BCUT2D eigenvalue weighted by atomic mass is 10.2. The van der Waals surface area contributed by atoms with Crippen molar-refractivity contribution in [3.8, 4) is 17.4 Å². The molecule has 0 radical (unpaired) electrons. The van der Waals surface area contributed by atoms with Crippen LogP contribution in [0, 0.1) is 13.8 Å². The van der Waals surface area contributed by atoms with Gasteiger partial charge in [0.1, 0.15) is 23.7 Å². The SMILES string of the molecule is Cc1cccc(NC(=O)Nc2ccc(Oc3cc(-n4ccnc4C)ncn3)cc2)c1. The van der Waals surface area contributed by atoms with Crippen LogP contribution >= 0.6 is 0 Å². The number of amides is 2. The Bertz CT molecular complexity index is 1170. The predicted octanol–water partition coefficient (Wildman–Crippen LogP) is 4.72. The van der Waals surface area contributed by atoms with Crippen molar-refractivity contribution in [3.05, 3.63) is 84.7 Å². The highest BCUT2D eigenvalue weighted by Crippen LogP contribution is 2.23. The maximum Gasteiger partial charge on any atom is 0.323 e. The van der Waals surface area contributed by atoms with Gasteiger partial charge in [-0.05, 0) is 55.8 Å². The quantitative estimate of drug-likeness (QED) is 0.506. The molecule has 0 saturated heterocycles. The normalized spacial score (nSPS) is 10.5. The van der Waals surface area contributed by atoms with Crippen molar-refractivity contribution in [2.24, 2.45) is 0 Å². The second kappa shape index (κ2) is 8.44. The summed E-state index contributed by atoms with van der Waals surface area (Å²) in [7, 11) is 0. The third kappa shape index (κ3) is 4.61. The van der Waals surface area contributed by atoms with Crippen LogP contribution in [0.15, 0.2) is 73.3 Å². The van der Waals surface area contributed by atoms with Gasteiger partial charge in [0, 0.05) is 29.8 Å². The molecule has 2 aromatic heterocycles. The molecule has 0 spiro atoms. The zero-order chi connectivity index (χ0) is 20.9. The van der Waals surface area contributed by atoms with E-state index in [-0.39, 0.29) is 6.03 Å². The Morgan fingerprint density at radius 3 is 2.47 bits per heavy atom. The topological polar surface area (TPSA) is 94.0 Å². The van der Waals surface area contributed by atoms with Crippen molar-refractivity contribution in [1.82, 2.24) is 19.5 Å². The Balaban J connectivity index is 1.39. The molecule has 0 aliphatic heterocycles. The minimum Gasteiger partial charge on any atom is -0.439 e. The van der Waals surface area contributed by atoms with Gasteiger partial charge in [-0.3, -0.25) is 4.57 Å². The summed E-state index contributed by atoms with van der Waals surface area (Å²) >= 11 is 0. The molecule has 0 aliphatic rings. The van der Waals surface area contributed by atoms with E-state index < -0.39 is 0 Å². The van der Waals surface area contributed by atoms with Crippen LogP contribution in [0.3, 0.4) is 0 Å². The van der Waals surface area contributed by atoms with Gasteiger partial charge >= 0.3 is 6.03 Å². The lowest BCUT2D eigenvalue weighted by molar-refractivity contribution is 0.262. The first-order chi connectivity index (χ1) is 14.6. The molecule has 8 heteroatoms. The molecule has 8 nitrogen and oxygen atoms in total. The molecule has 2 heterocycles. The molecule has 4 rings (SSSR count). The number of aryl methyl sites for hydroxylation is 2. The third-order valence-electron chi connectivity index (χ3n) is 4.31. The maximum atomic E-state index is 12.2. The van der Waals surface area contributed by atoms with Gasteiger partial charge in [0.15, 0.2) is 0 Å². The molecule has 30 heavy (non-hydrogen) atoms. The Labute approximate surface area is 173 Å². The minimum absolute atomic E-state index is 0.314. The predicted molar refractivity (Wildman–Crippen MR) is 114 cm³/mol. The Hall–Kier alpha value is -4.20. The Morgan fingerprint density at radius 1 is 0.933 bits per heavy atom. The van der Waals surface area contributed by atoms with E-state index in [2.05, 4.69) is 25.6 Å². The zero-order valence-corrected chi connectivity index (χ0v) is 16.5. The fourth-order valence-corrected chi connectivity index (χ4v) is 2.88. The molecular weight excluding hydrogens is 380 g/mol. The van der Waals surface area contributed by atoms with Crippen molar-refractivity contribution in [2.75, 3.05) is 10.6 Å². The van der Waals surface area contributed by atoms with Gasteiger partial charge in [-0.1, -0.05) is 12.1 Å². The number of benzene rings is 2. The van der Waals surface area contributed by atoms with Crippen molar-refractivity contribution in [3.63, 3.8) is 0 Å². The molecule has 2 N–H and O–H groups in total. The number of hydrogen-bond acceptors (Lipinski definition) is 5. The number of aromatic nitrogens is 4. The third-order valence-corrected chi connectivity index (χ3v) is 4.31. The summed E-state index contributed by atoms with van der Waals surface area (Å²) in [6.45, 7) is 3.86. The average molecular weight is 400 g/mol. The van der Waals surface area contributed by atoms with Gasteiger partial charge in [-0.15, -0.1) is 0 Å². The van der Waals surface area contributed by atoms with Crippen LogP contribution in [0.25, 0.3) is 5.82 Å². The van der Waals surface area contributed by atoms with Gasteiger partial charge in [-0.25, -0.2) is 19.7 Å². The first-order valence-corrected chi connectivity index (χ1v) is 9.32. The van der Waals surface area contributed by atoms with Gasteiger partial charge in [0.2, 0.25) is 5.88 Å². The number of nitrogens with zero attached hydrogens (tertiary/aromatic N) is 4. The summed E-state index contributed by atoms with van der Waals surface area (Å²) in [5.74, 6) is 2.48. The number of urea groups is 1. The van der Waals surface area contributed by atoms with E-state index in [4.69, 9.17) is 4.74 Å². The number of imidazole rings is 1. The first-order valence-electron chi connectivity index (χ1n) is 9.32. The molecule has 2 amide bonds. The number of carbonyl (C=O) groups is 1. The van der Waals surface area contributed by atoms with Crippen LogP contribution in [0.5, 0.6) is 11.6 Å². The van der Waals surface area contributed by atoms with Crippen LogP contribution < -0.4 is 15.4 Å². The van der Waals surface area contributed by atoms with Crippen LogP contribution in [0.4, 0.5) is 16.2 Å². The van der Waals surface area contributed by atoms with Crippen LogP contribution in [-0.4, -0.2) is 25.6 Å². The molecule has 0 unspecified atom stereocenters. The number of nitrogens with one attached hydrogen (secondary N) is 2. The van der Waals surface area contributed by atoms with Crippen molar-refractivity contribution < 1.29 is 9.53 Å². The summed E-state index contributed by atoms with van der Waals surface area (Å²) in [4.78, 5) is 24.8. The van der Waals surface area contributed by atoms with E-state index in [0.29, 0.717) is 23.1 Å². The fraction of sp³-hybridized carbons (Fsp3) is 0.0909. The second-order valence-corrected chi connectivity index (χ2v) is 6.63. The summed E-state index contributed by atoms with van der Waals surface area (Å²) < 4.78 is 7.65. The highest BCUT2D eigenvalue weighted by Gasteiger charge is 2.07. The van der Waals surface area contributed by atoms with Crippen LogP contribution in [-0.2, 0) is 0 Å². The minimum atomic E-state index is -0.314. The number of rotatable bonds is 5. The van der Waals surface area contributed by atoms with E-state index in [1.165, 1.54) is 6.33 Å². The zero-order valence-electron chi connectivity index (χ0n) is 16.5. The lowest BCUT2D eigenvalue weighted by Crippen LogP contribution is -2.19. The van der Waals surface area contributed by atoms with E-state index >= 15 is 0 Å². The van der Waals surface area contributed by atoms with Gasteiger partial charge < -0.3 is 15.4 Å². The molecule has 4 aromatic rings. The average Bonchev–Trinajstić information content (AvgIpc) is 3.16. The summed E-state index contributed by atoms with van der Waals surface area (Å²) in [5.41, 5.74) is 2.45. The standard InChI is InChI=1S/C22H20N6O2/c1-15-4-3-5-18(12-15)27-22(29)26-17-6-8-19(9-7-17)30-21-13-20(24-14-25-21)28-11-10-23-16(28)2/h3-14H,1-2H3,(H2,26,27,29). The van der Waals surface area contributed by atoms with E-state index in [1.807, 2.05) is 48.9 Å². The first kappa shape index (κ1) is 19.1. The highest BCUT2D eigenvalue weighted by molar-refractivity contribution is 5.99. The van der Waals surface area contributed by atoms with Crippen LogP contribution in [0.1, 0.15) is 11.4 Å². The largest absolute Gasteiger partial charge is 0.439 e. The molecule has 0 saturated carbocycles. The Morgan fingerprint density at radius 2 is 1.73 bits per heavy atom. The van der Waals surface area contributed by atoms with E-state index in [9.17, 15) is 4.79 Å². The summed E-state index contributed by atoms with van der Waals surface area (Å²) in [6, 6.07) is 16.0. The van der Waals surface area contributed by atoms with E-state index in [1.54, 1.807) is 36.5 Å². The lowest BCUT2D eigenvalue weighted by Gasteiger charge is -2.10. The van der Waals surface area contributed by atoms with Crippen molar-refractivity contribution >= 4 is 17.4 Å². The molecule has 0 bridgehead atoms. The monoisotopic (exact) mass is 400 g/mol. The Kier molecular flexibility index (Phi) is 5.38. The number of carbonyl (C=O) groups excluding carboxylic acids is 1. The smallest absolute Gasteiger partial charge is 0.323 e. The molecule has 0 atom stereocenters. The van der Waals surface area contributed by atoms with E-state index in [0.717, 1.165) is 17.1 Å². The summed E-state index contributed by atoms with van der Waals surface area (Å²) in [6.07, 6.45) is 4.97. The number of anilines is 2. The molecular formula is C22H20N6O2. The summed E-state index contributed by atoms with van der Waals surface area (Å²) in [5, 5.41) is 5.60. The molecule has 0 fully saturated rings. The van der Waals surface area contributed by atoms with Gasteiger partial charge in [-0.2, -0.15) is 0 Å². The van der Waals surface area contributed by atoms with Gasteiger partial charge in [0.05, 0.1) is 0 Å². The fourth-order valence-electron chi connectivity index (χ4n) is 2.88. The molecule has 0 aliphatic carbocycles. The molecule has 2 aromatic carbocycles. The maximum absolute atomic E-state index is 12.2. The number of ether oxygens (including phenoxy) is 1. The molecule has 150 valence electrons. The van der Waals surface area contributed by atoms with Gasteiger partial charge in [0.25, 0.3) is 0 Å². The van der Waals surface area contributed by atoms with Crippen LogP contribution in [0.2, 0.25) is 0 Å². The van der Waals surface area contributed by atoms with Crippen molar-refractivity contribution in [1.29, 1.82) is 0 Å². The van der Waals surface area contributed by atoms with Crippen molar-refractivity contribution in [2.45, 2.75) is 13.8 Å².